The molecule has 0 saturated carbocycles. The minimum atomic E-state index is -3.83. The molecule has 7 heterocycles. The van der Waals surface area contributed by atoms with Crippen LogP contribution in [-0.2, 0) is 105 Å². The third-order valence-corrected chi connectivity index (χ3v) is 28.1. The molecule has 5 amide bonds. The summed E-state index contributed by atoms with van der Waals surface area (Å²) in [6.45, 7) is -2.36. The van der Waals surface area contributed by atoms with Gasteiger partial charge in [-0.15, -0.1) is 0 Å². The summed E-state index contributed by atoms with van der Waals surface area (Å²) in [5, 5.41) is 298. The van der Waals surface area contributed by atoms with Crippen molar-refractivity contribution in [2.75, 3.05) is 52.9 Å². The number of hydrogen-bond donors (Lipinski definition) is 30. The maximum Gasteiger partial charge on any atom is 0.364 e. The quantitative estimate of drug-likeness (QED) is 0.0199. The van der Waals surface area contributed by atoms with Crippen LogP contribution in [0.15, 0.2) is 12.2 Å². The normalized spacial score (nSPS) is 35.2. The molecule has 0 aliphatic carbocycles. The number of aliphatic carboxylic acids is 3. The van der Waals surface area contributed by atoms with E-state index in [1.807, 2.05) is 0 Å². The minimum absolute atomic E-state index is 0.0535. The van der Waals surface area contributed by atoms with Crippen molar-refractivity contribution in [3.8, 4) is 0 Å². The van der Waals surface area contributed by atoms with Gasteiger partial charge in [0.2, 0.25) is 29.5 Å². The summed E-state index contributed by atoms with van der Waals surface area (Å²) in [6, 6.07) is -9.57. The second-order valence-corrected chi connectivity index (χ2v) is 39.9. The summed E-state index contributed by atoms with van der Waals surface area (Å²) in [5.74, 6) is -22.7. The molecule has 7 fully saturated rings. The van der Waals surface area contributed by atoms with E-state index in [1.54, 1.807) is 6.08 Å². The van der Waals surface area contributed by atoms with Crippen LogP contribution in [0.2, 0.25) is 0 Å². The number of carbonyl (C=O) groups excluding carboxylic acids is 5. The Hall–Kier alpha value is -5.94. The summed E-state index contributed by atoms with van der Waals surface area (Å²) in [6.07, 6.45) is -44.3. The monoisotopic (exact) mass is 2160 g/mol. The number of nitrogens with one attached hydrogen (secondary N) is 5. The average Bonchev–Trinajstić information content (AvgIpc) is 0.740. The molecule has 0 aromatic heterocycles. The molecule has 0 radical (unpaired) electrons. The molecular formula is C97H169N5O47. The molecule has 0 spiro atoms. The molecule has 7 saturated heterocycles. The summed E-state index contributed by atoms with van der Waals surface area (Å²) < 4.78 is 84.2. The standard InChI is InChI=1S/C97H169N5O47/c1-7-9-11-13-15-17-19-21-22-23-24-26-28-30-32-34-36-38-66(119)102-54(55(114)37-35-33-31-29-27-25-20-18-16-14-12-10-8-2)49-136-89-79(128)77(126)81(64(47-108)139-89)141-91-80(129)87(82(65(48-109)140-91)142-88-70(101-53(6)113)83(73(122)61(44-105)137-88)143-90-78(127)76(125)72(121)60(43-104)138-90)149-97(94(134)135)41-58(117)69(100-52(5)112)86(148-97)75(124)63(46-107)145-96(93(132)133)40-57(116)68(99-51(4)111)85(147-96)74(123)62(45-106)144-95(92(130)131)39-56(115)67(98-50(3)110)84(146-95)71(120)59(118)42-103/h35,37,54-65,67-91,103-109,114-118,120-129H,7-34,36,38-49H2,1-6H3,(H,98,110)(H,99,111)(H,100,112)(H,101,113)(H,102,119)(H,130,131)(H,132,133)(H,134,135)/b37-35+/t54-,55+,56?,57?,58?,59+,60?,61?,62+,63+,64?,65?,67+,68+,69+,70?,71+,72-,73-,74+,75+,76-,77+,78?,79?,80?,81+,82-,83+,84?,85?,86?,87+,88-,89+,90-,91-,95+,96+,97-/m0/s1. The first-order valence-corrected chi connectivity index (χ1v) is 52.4. The first kappa shape index (κ1) is 130. The van der Waals surface area contributed by atoms with Gasteiger partial charge in [0.15, 0.2) is 25.2 Å². The zero-order valence-electron chi connectivity index (χ0n) is 85.7. The number of allylic oxidation sites excluding steroid dienone is 1. The molecule has 52 heteroatoms. The molecular weight excluding hydrogens is 1990 g/mol. The highest BCUT2D eigenvalue weighted by Gasteiger charge is 2.66. The van der Waals surface area contributed by atoms with Gasteiger partial charge in [-0.25, -0.2) is 14.4 Å². The van der Waals surface area contributed by atoms with Crippen molar-refractivity contribution in [3.63, 3.8) is 0 Å². The molecule has 30 N–H and O–H groups in total. The summed E-state index contributed by atoms with van der Waals surface area (Å²) in [4.78, 5) is 108. The van der Waals surface area contributed by atoms with E-state index in [0.29, 0.717) is 12.8 Å². The van der Waals surface area contributed by atoms with Crippen LogP contribution in [0.4, 0.5) is 0 Å². The molecule has 7 aliphatic rings. The number of ether oxygens (including phenoxy) is 14. The number of carboxylic acid groups (broad SMARTS) is 3. The Morgan fingerprint density at radius 2 is 0.711 bits per heavy atom. The molecule has 7 rings (SSSR count). The van der Waals surface area contributed by atoms with Crippen molar-refractivity contribution in [2.24, 2.45) is 0 Å². The van der Waals surface area contributed by atoms with Crippen LogP contribution < -0.4 is 26.6 Å². The van der Waals surface area contributed by atoms with E-state index < -0.39 is 363 Å². The van der Waals surface area contributed by atoms with Gasteiger partial charge in [0.25, 0.3) is 17.4 Å². The molecule has 52 nitrogen and oxygen atoms in total. The van der Waals surface area contributed by atoms with E-state index in [2.05, 4.69) is 40.4 Å². The van der Waals surface area contributed by atoms with Gasteiger partial charge < -0.3 is 221 Å². The van der Waals surface area contributed by atoms with Crippen molar-refractivity contribution >= 4 is 47.4 Å². The largest absolute Gasteiger partial charge is 0.477 e. The highest BCUT2D eigenvalue weighted by molar-refractivity contribution is 5.79. The van der Waals surface area contributed by atoms with Gasteiger partial charge in [0.1, 0.15) is 153 Å². The Labute approximate surface area is 865 Å². The Kier molecular flexibility index (Phi) is 56.4. The van der Waals surface area contributed by atoms with Crippen LogP contribution in [0, 0.1) is 0 Å². The summed E-state index contributed by atoms with van der Waals surface area (Å²) >= 11 is 0. The van der Waals surface area contributed by atoms with Gasteiger partial charge in [0, 0.05) is 53.4 Å². The van der Waals surface area contributed by atoms with Crippen LogP contribution >= 0.6 is 0 Å². The highest BCUT2D eigenvalue weighted by atomic mass is 16.8. The molecule has 7 aliphatic heterocycles. The van der Waals surface area contributed by atoms with Crippen molar-refractivity contribution in [1.29, 1.82) is 0 Å². The Morgan fingerprint density at radius 1 is 0.362 bits per heavy atom. The van der Waals surface area contributed by atoms with Crippen molar-refractivity contribution in [1.82, 2.24) is 26.6 Å². The van der Waals surface area contributed by atoms with Gasteiger partial charge in [-0.2, -0.15) is 0 Å². The fourth-order valence-electron chi connectivity index (χ4n) is 19.9. The molecule has 0 aromatic rings. The lowest BCUT2D eigenvalue weighted by molar-refractivity contribution is -0.404. The van der Waals surface area contributed by atoms with Gasteiger partial charge in [-0.05, 0) is 19.3 Å². The van der Waals surface area contributed by atoms with Crippen LogP contribution in [-0.4, -0.2) is 472 Å². The van der Waals surface area contributed by atoms with Crippen LogP contribution in [0.25, 0.3) is 0 Å². The Bertz CT molecular complexity index is 3960. The highest BCUT2D eigenvalue weighted by Crippen LogP contribution is 2.45. The lowest BCUT2D eigenvalue weighted by atomic mass is 9.86. The number of carbonyl (C=O) groups is 8. The number of rotatable bonds is 68. The predicted molar refractivity (Wildman–Crippen MR) is 510 cm³/mol. The molecule has 0 aromatic carbocycles. The number of hydrogen-bond acceptors (Lipinski definition) is 44. The average molecular weight is 2160 g/mol. The van der Waals surface area contributed by atoms with E-state index >= 15 is 0 Å². The number of amides is 5. The van der Waals surface area contributed by atoms with Gasteiger partial charge in [-0.1, -0.05) is 193 Å². The zero-order chi connectivity index (χ0) is 110. The molecule has 14 unspecified atom stereocenters. The third-order valence-electron chi connectivity index (χ3n) is 28.1. The maximum absolute atomic E-state index is 14.7. The smallest absolute Gasteiger partial charge is 0.364 e. The van der Waals surface area contributed by atoms with Crippen LogP contribution in [0.3, 0.4) is 0 Å². The van der Waals surface area contributed by atoms with E-state index in [4.69, 9.17) is 66.3 Å². The van der Waals surface area contributed by atoms with Crippen LogP contribution in [0.5, 0.6) is 0 Å². The number of aliphatic hydroxyl groups excluding tert-OH is 22. The van der Waals surface area contributed by atoms with E-state index in [1.165, 1.54) is 96.0 Å². The van der Waals surface area contributed by atoms with E-state index in [9.17, 15) is 166 Å². The summed E-state index contributed by atoms with van der Waals surface area (Å²) in [7, 11) is 0. The van der Waals surface area contributed by atoms with Gasteiger partial charge in [-0.3, -0.25) is 24.0 Å². The fraction of sp³-hybridized carbons (Fsp3) is 0.897. The van der Waals surface area contributed by atoms with Crippen LogP contribution in [0.1, 0.15) is 253 Å². The third kappa shape index (κ3) is 37.1. The van der Waals surface area contributed by atoms with Crippen molar-refractivity contribution in [2.45, 2.75) is 497 Å². The van der Waals surface area contributed by atoms with Gasteiger partial charge >= 0.3 is 17.9 Å². The Morgan fingerprint density at radius 3 is 1.13 bits per heavy atom. The molecule has 0 bridgehead atoms. The summed E-state index contributed by atoms with van der Waals surface area (Å²) in [5.41, 5.74) is 0. The minimum Gasteiger partial charge on any atom is -0.477 e. The second-order valence-electron chi connectivity index (χ2n) is 39.9. The van der Waals surface area contributed by atoms with Crippen molar-refractivity contribution in [3.05, 3.63) is 12.2 Å². The topological polar surface area (TPSA) is 832 Å². The maximum atomic E-state index is 14.7. The Balaban J connectivity index is 1.23. The second kappa shape index (κ2) is 64.7. The van der Waals surface area contributed by atoms with Gasteiger partial charge in [0.05, 0.1) is 101 Å². The molecule has 149 heavy (non-hydrogen) atoms. The predicted octanol–water partition coefficient (Wildman–Crippen LogP) is -5.91. The molecule has 864 valence electrons. The van der Waals surface area contributed by atoms with Crippen molar-refractivity contribution < 1.29 is 232 Å². The number of carboxylic acids is 3. The van der Waals surface area contributed by atoms with E-state index in [0.717, 1.165) is 111 Å². The lowest BCUT2D eigenvalue weighted by Crippen LogP contribution is -2.73. The fourth-order valence-corrected chi connectivity index (χ4v) is 19.9. The first-order chi connectivity index (χ1) is 70.9. The SMILES string of the molecule is CCCCCCCCCCCCC/C=C/[C@@H](O)[C@H](CO[C@@H]1OC(CO)[C@@H](O[C@@H]2OC(CO)[C@H](O[C@@H]3OC(CO)[C@H](O)[C@H](O[C@@H]4OC(CO)[C@H](O)[C@H](O)C4O)C3NC(C)=O)[C@H](O[C@]3(C(=O)O)CC(O)[C@@H](NC(C)=O)C([C@H](O)[C@@H](CO)O[C@]4(C(=O)O)CC(O)[C@@H](NC(C)=O)C([C@H](O)[C@@H](CO)O[C@]5(C(=O)O)CC(O)[C@@H](NC(C)=O)C([C@H](O)[C@H](O)CO)O5)O4)O3)C2O)[C@H](O)C1O)NC(=O)CCCCCCCCCCCCCCCCCCC. The molecule has 40 atom stereocenters. The lowest BCUT2D eigenvalue weighted by Gasteiger charge is -2.53. The number of unbranched alkanes of at least 4 members (excludes halogenated alkanes) is 27. The number of aliphatic hydroxyl groups is 22. The van der Waals surface area contributed by atoms with E-state index in [-0.39, 0.29) is 6.42 Å². The first-order valence-electron chi connectivity index (χ1n) is 52.4. The zero-order valence-corrected chi connectivity index (χ0v) is 85.7.